The number of ether oxygens (including phenoxy) is 1. The largest absolute Gasteiger partial charge is 0.495 e. The van der Waals surface area contributed by atoms with E-state index in [1.54, 1.807) is 19.2 Å². The van der Waals surface area contributed by atoms with Gasteiger partial charge in [0.2, 0.25) is 10.0 Å². The van der Waals surface area contributed by atoms with Gasteiger partial charge in [0.15, 0.2) is 0 Å². The summed E-state index contributed by atoms with van der Waals surface area (Å²) in [6.07, 6.45) is 1.72. The summed E-state index contributed by atoms with van der Waals surface area (Å²) in [7, 11) is -0.601. The first kappa shape index (κ1) is 16.9. The van der Waals surface area contributed by atoms with Crippen molar-refractivity contribution in [2.24, 2.45) is 0 Å². The molecule has 0 aliphatic rings. The van der Waals surface area contributed by atoms with Crippen LogP contribution in [0.3, 0.4) is 0 Å². The SMILES string of the molecule is CCCC(C)N(C)S(=O)(=O)c1ccc(CO)cc1OC. The van der Waals surface area contributed by atoms with Gasteiger partial charge in [-0.3, -0.25) is 0 Å². The highest BCUT2D eigenvalue weighted by molar-refractivity contribution is 7.89. The fourth-order valence-corrected chi connectivity index (χ4v) is 3.54. The van der Waals surface area contributed by atoms with E-state index in [0.29, 0.717) is 5.56 Å². The molecule has 0 saturated heterocycles. The van der Waals surface area contributed by atoms with Crippen molar-refractivity contribution in [3.05, 3.63) is 23.8 Å². The average molecular weight is 301 g/mol. The van der Waals surface area contributed by atoms with Crippen LogP contribution in [-0.2, 0) is 16.6 Å². The molecule has 5 nitrogen and oxygen atoms in total. The van der Waals surface area contributed by atoms with Crippen LogP contribution < -0.4 is 4.74 Å². The van der Waals surface area contributed by atoms with Gasteiger partial charge in [0.25, 0.3) is 0 Å². The number of aliphatic hydroxyl groups is 1. The van der Waals surface area contributed by atoms with Crippen LogP contribution in [0, 0.1) is 0 Å². The van der Waals surface area contributed by atoms with Crippen LogP contribution in [0.15, 0.2) is 23.1 Å². The molecule has 0 saturated carbocycles. The molecular weight excluding hydrogens is 278 g/mol. The Morgan fingerprint density at radius 1 is 1.40 bits per heavy atom. The number of methoxy groups -OCH3 is 1. The van der Waals surface area contributed by atoms with Gasteiger partial charge in [0.05, 0.1) is 13.7 Å². The number of rotatable bonds is 7. The lowest BCUT2D eigenvalue weighted by Crippen LogP contribution is -2.35. The minimum atomic E-state index is -3.60. The maximum absolute atomic E-state index is 12.6. The van der Waals surface area contributed by atoms with Crippen LogP contribution in [0.5, 0.6) is 5.75 Å². The summed E-state index contributed by atoms with van der Waals surface area (Å²) in [5, 5.41) is 9.10. The summed E-state index contributed by atoms with van der Waals surface area (Å²) in [4.78, 5) is 0.127. The number of aliphatic hydroxyl groups excluding tert-OH is 1. The van der Waals surface area contributed by atoms with Crippen LogP contribution in [-0.4, -0.2) is 38.0 Å². The third-order valence-electron chi connectivity index (χ3n) is 3.39. The van der Waals surface area contributed by atoms with E-state index in [-0.39, 0.29) is 23.3 Å². The van der Waals surface area contributed by atoms with Crippen molar-refractivity contribution in [2.75, 3.05) is 14.2 Å². The molecule has 0 bridgehead atoms. The van der Waals surface area contributed by atoms with E-state index >= 15 is 0 Å². The Morgan fingerprint density at radius 3 is 2.55 bits per heavy atom. The number of sulfonamides is 1. The van der Waals surface area contributed by atoms with E-state index in [4.69, 9.17) is 9.84 Å². The first-order valence-corrected chi connectivity index (χ1v) is 8.08. The Balaban J connectivity index is 3.21. The number of hydrogen-bond acceptors (Lipinski definition) is 4. The normalized spacial score (nSPS) is 13.5. The van der Waals surface area contributed by atoms with Crippen LogP contribution in [0.2, 0.25) is 0 Å². The minimum Gasteiger partial charge on any atom is -0.495 e. The maximum Gasteiger partial charge on any atom is 0.246 e. The van der Waals surface area contributed by atoms with Gasteiger partial charge in [-0.2, -0.15) is 4.31 Å². The summed E-state index contributed by atoms with van der Waals surface area (Å²) < 4.78 is 31.7. The molecule has 1 aromatic carbocycles. The third-order valence-corrected chi connectivity index (χ3v) is 5.41. The molecule has 0 fully saturated rings. The molecule has 0 aromatic heterocycles. The number of hydrogen-bond donors (Lipinski definition) is 1. The van der Waals surface area contributed by atoms with Crippen molar-refractivity contribution in [1.82, 2.24) is 4.31 Å². The summed E-state index contributed by atoms with van der Waals surface area (Å²) in [5.74, 6) is 0.257. The average Bonchev–Trinajstić information content (AvgIpc) is 2.45. The fourth-order valence-electron chi connectivity index (χ4n) is 2.02. The zero-order valence-electron chi connectivity index (χ0n) is 12.5. The van der Waals surface area contributed by atoms with Gasteiger partial charge in [0, 0.05) is 13.1 Å². The van der Waals surface area contributed by atoms with Crippen molar-refractivity contribution < 1.29 is 18.3 Å². The molecule has 114 valence electrons. The highest BCUT2D eigenvalue weighted by Gasteiger charge is 2.28. The molecule has 6 heteroatoms. The number of benzene rings is 1. The highest BCUT2D eigenvalue weighted by Crippen LogP contribution is 2.28. The fraction of sp³-hybridized carbons (Fsp3) is 0.571. The van der Waals surface area contributed by atoms with Gasteiger partial charge in [-0.1, -0.05) is 19.4 Å². The summed E-state index contributed by atoms with van der Waals surface area (Å²) in [6.45, 7) is 3.75. The Bertz CT molecular complexity index is 542. The Kier molecular flexibility index (Phi) is 5.98. The van der Waals surface area contributed by atoms with Gasteiger partial charge in [-0.15, -0.1) is 0 Å². The van der Waals surface area contributed by atoms with Gasteiger partial charge in [-0.25, -0.2) is 8.42 Å². The maximum atomic E-state index is 12.6. The third kappa shape index (κ3) is 3.50. The number of nitrogens with zero attached hydrogens (tertiary/aromatic N) is 1. The Hall–Kier alpha value is -1.11. The van der Waals surface area contributed by atoms with E-state index in [0.717, 1.165) is 12.8 Å². The summed E-state index contributed by atoms with van der Waals surface area (Å²) in [6, 6.07) is 4.54. The molecule has 0 aliphatic heterocycles. The highest BCUT2D eigenvalue weighted by atomic mass is 32.2. The molecule has 0 radical (unpaired) electrons. The molecule has 0 heterocycles. The lowest BCUT2D eigenvalue weighted by atomic mass is 10.2. The summed E-state index contributed by atoms with van der Waals surface area (Å²) >= 11 is 0. The monoisotopic (exact) mass is 301 g/mol. The molecule has 1 aromatic rings. The first-order chi connectivity index (χ1) is 9.38. The van der Waals surface area contributed by atoms with Gasteiger partial charge < -0.3 is 9.84 Å². The van der Waals surface area contributed by atoms with Crippen LogP contribution in [0.25, 0.3) is 0 Å². The molecule has 1 N–H and O–H groups in total. The molecule has 0 spiro atoms. The predicted octanol–water partition coefficient (Wildman–Crippen LogP) is 2.00. The van der Waals surface area contributed by atoms with E-state index in [2.05, 4.69) is 0 Å². The smallest absolute Gasteiger partial charge is 0.246 e. The van der Waals surface area contributed by atoms with Crippen LogP contribution >= 0.6 is 0 Å². The van der Waals surface area contributed by atoms with E-state index in [9.17, 15) is 8.42 Å². The Morgan fingerprint density at radius 2 is 2.05 bits per heavy atom. The van der Waals surface area contributed by atoms with Crippen LogP contribution in [0.4, 0.5) is 0 Å². The molecule has 1 rings (SSSR count). The second-order valence-electron chi connectivity index (χ2n) is 4.80. The van der Waals surface area contributed by atoms with Crippen molar-refractivity contribution in [1.29, 1.82) is 0 Å². The zero-order chi connectivity index (χ0) is 15.3. The Labute approximate surface area is 121 Å². The van der Waals surface area contributed by atoms with E-state index < -0.39 is 10.0 Å². The van der Waals surface area contributed by atoms with E-state index in [1.807, 2.05) is 13.8 Å². The topological polar surface area (TPSA) is 66.8 Å². The lowest BCUT2D eigenvalue weighted by molar-refractivity contribution is 0.280. The minimum absolute atomic E-state index is 0.0766. The molecule has 1 unspecified atom stereocenters. The second kappa shape index (κ2) is 7.06. The quantitative estimate of drug-likeness (QED) is 0.836. The van der Waals surface area contributed by atoms with Crippen molar-refractivity contribution in [3.63, 3.8) is 0 Å². The van der Waals surface area contributed by atoms with E-state index in [1.165, 1.54) is 17.5 Å². The predicted molar refractivity (Wildman–Crippen MR) is 78.2 cm³/mol. The van der Waals surface area contributed by atoms with Gasteiger partial charge >= 0.3 is 0 Å². The van der Waals surface area contributed by atoms with Crippen molar-refractivity contribution >= 4 is 10.0 Å². The first-order valence-electron chi connectivity index (χ1n) is 6.64. The summed E-state index contributed by atoms with van der Waals surface area (Å²) in [5.41, 5.74) is 0.616. The lowest BCUT2D eigenvalue weighted by Gasteiger charge is -2.25. The van der Waals surface area contributed by atoms with Crippen molar-refractivity contribution in [3.8, 4) is 5.75 Å². The molecule has 0 aliphatic carbocycles. The standard InChI is InChI=1S/C14H23NO4S/c1-5-6-11(2)15(3)20(17,18)14-8-7-12(10-16)9-13(14)19-4/h7-9,11,16H,5-6,10H2,1-4H3. The van der Waals surface area contributed by atoms with Crippen LogP contribution in [0.1, 0.15) is 32.3 Å². The zero-order valence-corrected chi connectivity index (χ0v) is 13.3. The molecule has 0 amide bonds. The van der Waals surface area contributed by atoms with Gasteiger partial charge in [0.1, 0.15) is 10.6 Å². The molecule has 1 atom stereocenters. The second-order valence-corrected chi connectivity index (χ2v) is 6.77. The molecular formula is C14H23NO4S. The van der Waals surface area contributed by atoms with Crippen molar-refractivity contribution in [2.45, 2.75) is 44.2 Å². The molecule has 20 heavy (non-hydrogen) atoms. The van der Waals surface area contributed by atoms with Gasteiger partial charge in [-0.05, 0) is 31.0 Å².